The molecule has 0 N–H and O–H groups in total. The summed E-state index contributed by atoms with van der Waals surface area (Å²) >= 11 is 0. The number of hydrogen-bond acceptors (Lipinski definition) is 6. The Kier molecular flexibility index (Phi) is 52.8. The molecule has 0 saturated carbocycles. The standard InChI is InChI=1S/C61H106O6/c1-4-7-10-13-16-19-22-25-28-30-32-33-36-39-42-45-48-51-54-60(63)66-57-58(56-65-59(62)53-50-47-44-41-38-35-27-24-21-18-15-12-9-6-3)67-61(64)55-52-49-46-43-40-37-34-31-29-26-23-20-17-14-11-8-5-2/h15,17-18,20,24,26-27,29,34,37,43,46,58H,4-14,16,19,21-23,25,28,30-33,35-36,38-42,44-45,47-57H2,1-3H3/b18-15+,20-17+,27-24+,29-26+,37-34+,46-43+/t58-/m1/s1. The fourth-order valence-electron chi connectivity index (χ4n) is 7.86. The van der Waals surface area contributed by atoms with Gasteiger partial charge in [-0.2, -0.15) is 0 Å². The van der Waals surface area contributed by atoms with Crippen molar-refractivity contribution in [2.24, 2.45) is 0 Å². The van der Waals surface area contributed by atoms with Crippen molar-refractivity contribution in [3.63, 3.8) is 0 Å². The zero-order valence-electron chi connectivity index (χ0n) is 44.2. The second-order valence-corrected chi connectivity index (χ2v) is 18.8. The van der Waals surface area contributed by atoms with E-state index in [4.69, 9.17) is 14.2 Å². The van der Waals surface area contributed by atoms with Gasteiger partial charge in [0.2, 0.25) is 0 Å². The van der Waals surface area contributed by atoms with Gasteiger partial charge in [-0.25, -0.2) is 0 Å². The van der Waals surface area contributed by atoms with Gasteiger partial charge in [0.25, 0.3) is 0 Å². The van der Waals surface area contributed by atoms with Crippen LogP contribution in [0.2, 0.25) is 0 Å². The second-order valence-electron chi connectivity index (χ2n) is 18.8. The topological polar surface area (TPSA) is 78.9 Å². The third-order valence-electron chi connectivity index (χ3n) is 12.2. The van der Waals surface area contributed by atoms with Crippen LogP contribution in [-0.2, 0) is 28.6 Å². The average molecular weight is 936 g/mol. The molecule has 0 aliphatic heterocycles. The maximum atomic E-state index is 12.8. The molecule has 0 saturated heterocycles. The van der Waals surface area contributed by atoms with E-state index in [0.29, 0.717) is 19.3 Å². The summed E-state index contributed by atoms with van der Waals surface area (Å²) in [5.41, 5.74) is 0. The summed E-state index contributed by atoms with van der Waals surface area (Å²) < 4.78 is 16.8. The van der Waals surface area contributed by atoms with Crippen LogP contribution in [0.5, 0.6) is 0 Å². The lowest BCUT2D eigenvalue weighted by Gasteiger charge is -2.18. The largest absolute Gasteiger partial charge is 0.462 e. The monoisotopic (exact) mass is 935 g/mol. The highest BCUT2D eigenvalue weighted by Crippen LogP contribution is 2.16. The highest BCUT2D eigenvalue weighted by Gasteiger charge is 2.19. The highest BCUT2D eigenvalue weighted by atomic mass is 16.6. The first kappa shape index (κ1) is 63.8. The number of allylic oxidation sites excluding steroid dienone is 12. The van der Waals surface area contributed by atoms with Gasteiger partial charge < -0.3 is 14.2 Å². The number of unbranched alkanes of at least 4 members (excludes halogenated alkanes) is 28. The van der Waals surface area contributed by atoms with Gasteiger partial charge >= 0.3 is 17.9 Å². The molecule has 6 nitrogen and oxygen atoms in total. The molecule has 0 aromatic rings. The summed E-state index contributed by atoms with van der Waals surface area (Å²) in [5.74, 6) is -0.962. The Morgan fingerprint density at radius 1 is 0.299 bits per heavy atom. The average Bonchev–Trinajstić information content (AvgIpc) is 3.33. The Labute approximate surface area is 414 Å². The van der Waals surface area contributed by atoms with Crippen molar-refractivity contribution in [1.82, 2.24) is 0 Å². The van der Waals surface area contributed by atoms with Crippen molar-refractivity contribution in [1.29, 1.82) is 0 Å². The zero-order chi connectivity index (χ0) is 48.6. The molecule has 386 valence electrons. The molecular formula is C61H106O6. The van der Waals surface area contributed by atoms with Crippen molar-refractivity contribution in [2.75, 3.05) is 13.2 Å². The molecule has 67 heavy (non-hydrogen) atoms. The lowest BCUT2D eigenvalue weighted by atomic mass is 10.0. The molecule has 0 amide bonds. The van der Waals surface area contributed by atoms with E-state index in [9.17, 15) is 14.4 Å². The molecule has 1 atom stereocenters. The van der Waals surface area contributed by atoms with Crippen LogP contribution in [0.1, 0.15) is 278 Å². The van der Waals surface area contributed by atoms with Crippen LogP contribution in [0.3, 0.4) is 0 Å². The third kappa shape index (κ3) is 53.7. The fraction of sp³-hybridized carbons (Fsp3) is 0.754. The fourth-order valence-corrected chi connectivity index (χ4v) is 7.86. The second kappa shape index (κ2) is 55.4. The van der Waals surface area contributed by atoms with E-state index in [1.165, 1.54) is 141 Å². The van der Waals surface area contributed by atoms with Gasteiger partial charge in [-0.3, -0.25) is 14.4 Å². The van der Waals surface area contributed by atoms with Crippen molar-refractivity contribution < 1.29 is 28.6 Å². The van der Waals surface area contributed by atoms with Crippen LogP contribution >= 0.6 is 0 Å². The lowest BCUT2D eigenvalue weighted by Crippen LogP contribution is -2.30. The zero-order valence-corrected chi connectivity index (χ0v) is 44.2. The van der Waals surface area contributed by atoms with Gasteiger partial charge in [-0.05, 0) is 83.5 Å². The van der Waals surface area contributed by atoms with Crippen LogP contribution in [0.15, 0.2) is 72.9 Å². The summed E-state index contributed by atoms with van der Waals surface area (Å²) in [4.78, 5) is 38.1. The number of hydrogen-bond donors (Lipinski definition) is 0. The first-order valence-electron chi connectivity index (χ1n) is 28.4. The molecule has 0 unspecified atom stereocenters. The molecule has 0 aromatic carbocycles. The minimum Gasteiger partial charge on any atom is -0.462 e. The molecule has 0 aliphatic carbocycles. The Morgan fingerprint density at radius 2 is 0.567 bits per heavy atom. The summed E-state index contributed by atoms with van der Waals surface area (Å²) in [5, 5.41) is 0. The van der Waals surface area contributed by atoms with Gasteiger partial charge in [0.1, 0.15) is 13.2 Å². The quantitative estimate of drug-likeness (QED) is 0.0262. The van der Waals surface area contributed by atoms with E-state index in [1.54, 1.807) is 0 Å². The van der Waals surface area contributed by atoms with Crippen molar-refractivity contribution in [2.45, 2.75) is 284 Å². The Hall–Kier alpha value is -3.15. The molecular weight excluding hydrogens is 829 g/mol. The van der Waals surface area contributed by atoms with Crippen LogP contribution in [-0.4, -0.2) is 37.2 Å². The molecule has 0 aliphatic rings. The maximum Gasteiger partial charge on any atom is 0.306 e. The maximum absolute atomic E-state index is 12.8. The number of rotatable bonds is 51. The number of ether oxygens (including phenoxy) is 3. The number of carbonyl (C=O) groups excluding carboxylic acids is 3. The van der Waals surface area contributed by atoms with E-state index < -0.39 is 6.10 Å². The molecule has 0 rings (SSSR count). The smallest absolute Gasteiger partial charge is 0.306 e. The van der Waals surface area contributed by atoms with Crippen LogP contribution in [0, 0.1) is 0 Å². The molecule has 0 spiro atoms. The van der Waals surface area contributed by atoms with Crippen LogP contribution in [0.25, 0.3) is 0 Å². The van der Waals surface area contributed by atoms with Crippen molar-refractivity contribution >= 4 is 17.9 Å². The Balaban J connectivity index is 4.45. The van der Waals surface area contributed by atoms with Crippen LogP contribution in [0.4, 0.5) is 0 Å². The molecule has 0 heterocycles. The van der Waals surface area contributed by atoms with E-state index in [-0.39, 0.29) is 37.5 Å². The van der Waals surface area contributed by atoms with E-state index in [2.05, 4.69) is 93.7 Å². The molecule has 0 radical (unpaired) electrons. The third-order valence-corrected chi connectivity index (χ3v) is 12.2. The van der Waals surface area contributed by atoms with Gasteiger partial charge in [-0.1, -0.05) is 248 Å². The first-order valence-corrected chi connectivity index (χ1v) is 28.4. The summed E-state index contributed by atoms with van der Waals surface area (Å²) in [7, 11) is 0. The van der Waals surface area contributed by atoms with Gasteiger partial charge in [-0.15, -0.1) is 0 Å². The van der Waals surface area contributed by atoms with E-state index in [0.717, 1.165) is 89.9 Å². The molecule has 0 aromatic heterocycles. The highest BCUT2D eigenvalue weighted by molar-refractivity contribution is 5.71. The van der Waals surface area contributed by atoms with E-state index >= 15 is 0 Å². The van der Waals surface area contributed by atoms with Gasteiger partial charge in [0.05, 0.1) is 0 Å². The molecule has 0 fully saturated rings. The summed E-state index contributed by atoms with van der Waals surface area (Å²) in [6, 6.07) is 0. The minimum atomic E-state index is -0.808. The number of carbonyl (C=O) groups is 3. The van der Waals surface area contributed by atoms with Crippen molar-refractivity contribution in [3.8, 4) is 0 Å². The molecule has 6 heteroatoms. The Morgan fingerprint density at radius 3 is 0.955 bits per heavy atom. The first-order chi connectivity index (χ1) is 33.0. The molecule has 0 bridgehead atoms. The summed E-state index contributed by atoms with van der Waals surface area (Å²) in [6.07, 6.45) is 70.4. The normalized spacial score (nSPS) is 12.6. The van der Waals surface area contributed by atoms with E-state index in [1.807, 2.05) is 0 Å². The van der Waals surface area contributed by atoms with Gasteiger partial charge in [0.15, 0.2) is 6.10 Å². The van der Waals surface area contributed by atoms with Crippen molar-refractivity contribution in [3.05, 3.63) is 72.9 Å². The number of esters is 3. The Bertz CT molecular complexity index is 1260. The predicted octanol–water partition coefficient (Wildman–Crippen LogP) is 19.0. The van der Waals surface area contributed by atoms with Gasteiger partial charge in [0, 0.05) is 19.3 Å². The van der Waals surface area contributed by atoms with Crippen LogP contribution < -0.4 is 0 Å². The predicted molar refractivity (Wildman–Crippen MR) is 288 cm³/mol. The minimum absolute atomic E-state index is 0.0995. The summed E-state index contributed by atoms with van der Waals surface area (Å²) in [6.45, 7) is 6.53. The lowest BCUT2D eigenvalue weighted by molar-refractivity contribution is -0.167. The SMILES string of the molecule is CCCC/C=C/C/C=C/CCCCCCCC(=O)OC[C@H](COC(=O)CCCCCCCCCCCCCCCCCCCC)OC(=O)CCC/C=C/C/C=C/C/C=C/C/C=C/CCCCC.